The van der Waals surface area contributed by atoms with Gasteiger partial charge in [0, 0.05) is 11.0 Å². The lowest BCUT2D eigenvalue weighted by Crippen LogP contribution is -2.25. The van der Waals surface area contributed by atoms with E-state index >= 15 is 0 Å². The average Bonchev–Trinajstić information content (AvgIpc) is 2.44. The molecule has 0 fully saturated rings. The van der Waals surface area contributed by atoms with Crippen molar-refractivity contribution in [3.05, 3.63) is 63.6 Å². The van der Waals surface area contributed by atoms with Crippen molar-refractivity contribution < 1.29 is 18.3 Å². The van der Waals surface area contributed by atoms with Crippen molar-refractivity contribution in [3.8, 4) is 5.75 Å². The molecule has 2 rings (SSSR count). The molecular formula is C15H12BrF2NO2. The Morgan fingerprint density at radius 1 is 1.19 bits per heavy atom. The van der Waals surface area contributed by atoms with E-state index in [0.29, 0.717) is 5.75 Å². The molecule has 1 amide bonds. The van der Waals surface area contributed by atoms with Gasteiger partial charge in [0.05, 0.1) is 7.11 Å². The van der Waals surface area contributed by atoms with Gasteiger partial charge >= 0.3 is 0 Å². The largest absolute Gasteiger partial charge is 0.497 e. The summed E-state index contributed by atoms with van der Waals surface area (Å²) >= 11 is 2.96. The standard InChI is InChI=1S/C15H12BrF2NO2/c1-21-11-4-2-9(3-5-11)8-19-15(20)14-12(17)6-10(16)7-13(14)18/h2-7H,8H2,1H3,(H,19,20). The van der Waals surface area contributed by atoms with Gasteiger partial charge in [-0.3, -0.25) is 4.79 Å². The van der Waals surface area contributed by atoms with Crippen molar-refractivity contribution in [3.63, 3.8) is 0 Å². The monoisotopic (exact) mass is 355 g/mol. The van der Waals surface area contributed by atoms with Crippen LogP contribution in [0.5, 0.6) is 5.75 Å². The highest BCUT2D eigenvalue weighted by Gasteiger charge is 2.18. The summed E-state index contributed by atoms with van der Waals surface area (Å²) in [6, 6.07) is 9.09. The van der Waals surface area contributed by atoms with Gasteiger partial charge in [-0.2, -0.15) is 0 Å². The predicted octanol–water partition coefficient (Wildman–Crippen LogP) is 3.67. The Bertz CT molecular complexity index is 636. The third-order valence-electron chi connectivity index (χ3n) is 2.85. The maximum atomic E-state index is 13.6. The minimum absolute atomic E-state index is 0.164. The first-order chi connectivity index (χ1) is 10.0. The fraction of sp³-hybridized carbons (Fsp3) is 0.133. The number of carbonyl (C=O) groups is 1. The number of amides is 1. The summed E-state index contributed by atoms with van der Waals surface area (Å²) in [5.41, 5.74) is 0.203. The van der Waals surface area contributed by atoms with Gasteiger partial charge in [0.15, 0.2) is 0 Å². The maximum absolute atomic E-state index is 13.6. The summed E-state index contributed by atoms with van der Waals surface area (Å²) < 4.78 is 32.5. The molecule has 0 heterocycles. The number of nitrogens with one attached hydrogen (secondary N) is 1. The molecule has 0 aliphatic rings. The Morgan fingerprint density at radius 3 is 2.29 bits per heavy atom. The van der Waals surface area contributed by atoms with Crippen molar-refractivity contribution in [1.82, 2.24) is 5.32 Å². The SMILES string of the molecule is COc1ccc(CNC(=O)c2c(F)cc(Br)cc2F)cc1. The summed E-state index contributed by atoms with van der Waals surface area (Å²) in [6.07, 6.45) is 0. The van der Waals surface area contributed by atoms with Crippen LogP contribution in [0.15, 0.2) is 40.9 Å². The average molecular weight is 356 g/mol. The molecule has 0 aromatic heterocycles. The lowest BCUT2D eigenvalue weighted by atomic mass is 10.1. The number of ether oxygens (including phenoxy) is 1. The Labute approximate surface area is 129 Å². The molecule has 0 radical (unpaired) electrons. The minimum atomic E-state index is -0.908. The molecule has 3 nitrogen and oxygen atoms in total. The molecule has 21 heavy (non-hydrogen) atoms. The van der Waals surface area contributed by atoms with Crippen LogP contribution in [0.3, 0.4) is 0 Å². The Balaban J connectivity index is 2.08. The summed E-state index contributed by atoms with van der Waals surface area (Å²) in [4.78, 5) is 11.9. The summed E-state index contributed by atoms with van der Waals surface area (Å²) in [5.74, 6) is -1.92. The van der Waals surface area contributed by atoms with Crippen LogP contribution in [0.4, 0.5) is 8.78 Å². The van der Waals surface area contributed by atoms with Gasteiger partial charge in [0.1, 0.15) is 22.9 Å². The smallest absolute Gasteiger partial charge is 0.257 e. The van der Waals surface area contributed by atoms with Crippen LogP contribution in [0, 0.1) is 11.6 Å². The number of hydrogen-bond donors (Lipinski definition) is 1. The van der Waals surface area contributed by atoms with E-state index in [1.165, 1.54) is 0 Å². The van der Waals surface area contributed by atoms with Gasteiger partial charge < -0.3 is 10.1 Å². The predicted molar refractivity (Wildman–Crippen MR) is 78.2 cm³/mol. The van der Waals surface area contributed by atoms with Crippen LogP contribution < -0.4 is 10.1 Å². The van der Waals surface area contributed by atoms with Gasteiger partial charge in [-0.05, 0) is 29.8 Å². The van der Waals surface area contributed by atoms with Gasteiger partial charge in [0.2, 0.25) is 0 Å². The molecule has 0 aliphatic carbocycles. The minimum Gasteiger partial charge on any atom is -0.497 e. The molecule has 2 aromatic carbocycles. The number of methoxy groups -OCH3 is 1. The second kappa shape index (κ2) is 6.67. The van der Waals surface area contributed by atoms with Crippen molar-refractivity contribution in [2.45, 2.75) is 6.54 Å². The van der Waals surface area contributed by atoms with E-state index in [9.17, 15) is 13.6 Å². The molecule has 0 aliphatic heterocycles. The van der Waals surface area contributed by atoms with Crippen molar-refractivity contribution in [2.24, 2.45) is 0 Å². The number of halogens is 3. The Kier molecular flexibility index (Phi) is 4.90. The molecule has 1 N–H and O–H groups in total. The van der Waals surface area contributed by atoms with E-state index < -0.39 is 23.1 Å². The van der Waals surface area contributed by atoms with Crippen LogP contribution in [0.25, 0.3) is 0 Å². The molecular weight excluding hydrogens is 344 g/mol. The number of hydrogen-bond acceptors (Lipinski definition) is 2. The molecule has 0 bridgehead atoms. The van der Waals surface area contributed by atoms with Gasteiger partial charge in [-0.1, -0.05) is 28.1 Å². The van der Waals surface area contributed by atoms with Crippen LogP contribution in [0.2, 0.25) is 0 Å². The van der Waals surface area contributed by atoms with Crippen molar-refractivity contribution in [1.29, 1.82) is 0 Å². The Hall–Kier alpha value is -1.95. The van der Waals surface area contributed by atoms with Crippen LogP contribution in [-0.2, 0) is 6.54 Å². The maximum Gasteiger partial charge on any atom is 0.257 e. The van der Waals surface area contributed by atoms with E-state index in [-0.39, 0.29) is 11.0 Å². The third kappa shape index (κ3) is 3.78. The molecule has 2 aromatic rings. The zero-order chi connectivity index (χ0) is 15.4. The van der Waals surface area contributed by atoms with E-state index in [2.05, 4.69) is 21.2 Å². The lowest BCUT2D eigenvalue weighted by Gasteiger charge is -2.08. The normalized spacial score (nSPS) is 10.3. The van der Waals surface area contributed by atoms with Crippen LogP contribution in [-0.4, -0.2) is 13.0 Å². The highest BCUT2D eigenvalue weighted by molar-refractivity contribution is 9.10. The zero-order valence-electron chi connectivity index (χ0n) is 11.1. The fourth-order valence-corrected chi connectivity index (χ4v) is 2.18. The highest BCUT2D eigenvalue weighted by Crippen LogP contribution is 2.19. The summed E-state index contributed by atoms with van der Waals surface area (Å²) in [5, 5.41) is 2.48. The highest BCUT2D eigenvalue weighted by atomic mass is 79.9. The van der Waals surface area contributed by atoms with E-state index in [4.69, 9.17) is 4.74 Å². The van der Waals surface area contributed by atoms with Crippen LogP contribution in [0.1, 0.15) is 15.9 Å². The molecule has 0 saturated heterocycles. The van der Waals surface area contributed by atoms with E-state index in [0.717, 1.165) is 17.7 Å². The van der Waals surface area contributed by atoms with Crippen LogP contribution >= 0.6 is 15.9 Å². The second-order valence-electron chi connectivity index (χ2n) is 4.28. The van der Waals surface area contributed by atoms with Gasteiger partial charge in [-0.15, -0.1) is 0 Å². The van der Waals surface area contributed by atoms with Gasteiger partial charge in [-0.25, -0.2) is 8.78 Å². The first kappa shape index (κ1) is 15.4. The molecule has 0 saturated carbocycles. The molecule has 0 spiro atoms. The van der Waals surface area contributed by atoms with Crippen molar-refractivity contribution in [2.75, 3.05) is 7.11 Å². The second-order valence-corrected chi connectivity index (χ2v) is 5.19. The Morgan fingerprint density at radius 2 is 1.76 bits per heavy atom. The summed E-state index contributed by atoms with van der Waals surface area (Å²) in [6.45, 7) is 0.164. The quantitative estimate of drug-likeness (QED) is 0.908. The van der Waals surface area contributed by atoms with Gasteiger partial charge in [0.25, 0.3) is 5.91 Å². The first-order valence-electron chi connectivity index (χ1n) is 6.07. The molecule has 6 heteroatoms. The fourth-order valence-electron chi connectivity index (χ4n) is 1.77. The topological polar surface area (TPSA) is 38.3 Å². The first-order valence-corrected chi connectivity index (χ1v) is 6.86. The number of carbonyl (C=O) groups excluding carboxylic acids is 1. The number of rotatable bonds is 4. The number of benzene rings is 2. The zero-order valence-corrected chi connectivity index (χ0v) is 12.7. The van der Waals surface area contributed by atoms with E-state index in [1.807, 2.05) is 0 Å². The van der Waals surface area contributed by atoms with Crippen molar-refractivity contribution >= 4 is 21.8 Å². The molecule has 0 unspecified atom stereocenters. The summed E-state index contributed by atoms with van der Waals surface area (Å²) in [7, 11) is 1.55. The molecule has 110 valence electrons. The van der Waals surface area contributed by atoms with E-state index in [1.54, 1.807) is 31.4 Å². The third-order valence-corrected chi connectivity index (χ3v) is 3.30. The molecule has 0 atom stereocenters. The lowest BCUT2D eigenvalue weighted by molar-refractivity contribution is 0.0942.